The molecule has 0 saturated carbocycles. The molecule has 0 aliphatic carbocycles. The average molecular weight is 665 g/mol. The molecule has 8 nitrogen and oxygen atoms in total. The average Bonchev–Trinajstić information content (AvgIpc) is 3.63. The van der Waals surface area contributed by atoms with Gasteiger partial charge in [-0.3, -0.25) is 9.69 Å². The third kappa shape index (κ3) is 8.20. The third-order valence-corrected chi connectivity index (χ3v) is 8.07. The van der Waals surface area contributed by atoms with Gasteiger partial charge in [0.2, 0.25) is 5.91 Å². The molecule has 3 aromatic carbocycles. The number of aromatic nitrogens is 3. The molecule has 0 bridgehead atoms. The van der Waals surface area contributed by atoms with Crippen molar-refractivity contribution < 1.29 is 22.7 Å². The summed E-state index contributed by atoms with van der Waals surface area (Å²) in [4.78, 5) is 23.5. The van der Waals surface area contributed by atoms with E-state index in [9.17, 15) is 18.0 Å². The van der Waals surface area contributed by atoms with Crippen molar-refractivity contribution >= 4 is 51.9 Å². The summed E-state index contributed by atoms with van der Waals surface area (Å²) in [7, 11) is 0. The van der Waals surface area contributed by atoms with Crippen LogP contribution in [0.4, 0.5) is 18.9 Å². The van der Waals surface area contributed by atoms with E-state index >= 15 is 0 Å². The van der Waals surface area contributed by atoms with Crippen molar-refractivity contribution in [3.63, 3.8) is 0 Å². The fourth-order valence-electron chi connectivity index (χ4n) is 4.70. The molecule has 1 N–H and O–H groups in total. The molecule has 1 aromatic heterocycles. The summed E-state index contributed by atoms with van der Waals surface area (Å²) in [6.07, 6.45) is 0.656. The number of thiocarbonyl (C=S) groups is 1. The molecule has 2 heterocycles. The van der Waals surface area contributed by atoms with Crippen molar-refractivity contribution in [2.24, 2.45) is 4.99 Å². The molecule has 46 heavy (non-hydrogen) atoms. The number of ether oxygens (including phenoxy) is 1. The number of carbonyl (C=O) groups excluding carboxylic acids is 1. The number of halogens is 3. The number of thioether (sulfide) groups is 1. The molecule has 5 rings (SSSR count). The summed E-state index contributed by atoms with van der Waals surface area (Å²) < 4.78 is 42.7. The Morgan fingerprint density at radius 2 is 1.80 bits per heavy atom. The minimum atomic E-state index is -4.75. The van der Waals surface area contributed by atoms with E-state index in [1.807, 2.05) is 62.4 Å². The molecule has 1 aliphatic heterocycles. The van der Waals surface area contributed by atoms with Gasteiger partial charge in [0, 0.05) is 11.6 Å². The Hall–Kier alpha value is -4.49. The monoisotopic (exact) mass is 664 g/mol. The van der Waals surface area contributed by atoms with Gasteiger partial charge >= 0.3 is 6.36 Å². The number of hydrogen-bond donors (Lipinski definition) is 1. The quantitative estimate of drug-likeness (QED) is 0.194. The van der Waals surface area contributed by atoms with Crippen LogP contribution in [0.1, 0.15) is 43.4 Å². The highest BCUT2D eigenvalue weighted by Gasteiger charge is 2.32. The van der Waals surface area contributed by atoms with Gasteiger partial charge in [0.1, 0.15) is 12.1 Å². The molecule has 1 fully saturated rings. The molecular weight excluding hydrogens is 634 g/mol. The van der Waals surface area contributed by atoms with Crippen LogP contribution in [0, 0.1) is 6.92 Å². The Balaban J connectivity index is 1.20. The van der Waals surface area contributed by atoms with Crippen LogP contribution in [-0.4, -0.2) is 49.1 Å². The third-order valence-electron chi connectivity index (χ3n) is 6.94. The van der Waals surface area contributed by atoms with Crippen LogP contribution in [0.25, 0.3) is 23.2 Å². The number of nitrogens with one attached hydrogen (secondary N) is 1. The highest BCUT2D eigenvalue weighted by molar-refractivity contribution is 8.15. The molecule has 1 saturated heterocycles. The number of benzene rings is 3. The number of rotatable bonds is 8. The van der Waals surface area contributed by atoms with E-state index in [1.54, 1.807) is 4.90 Å². The molecule has 1 atom stereocenters. The first kappa shape index (κ1) is 32.9. The number of alkyl halides is 3. The molecule has 238 valence electrons. The number of amides is 1. The van der Waals surface area contributed by atoms with Gasteiger partial charge in [0.25, 0.3) is 0 Å². The van der Waals surface area contributed by atoms with E-state index in [1.165, 1.54) is 47.0 Å². The van der Waals surface area contributed by atoms with Crippen molar-refractivity contribution in [2.45, 2.75) is 46.0 Å². The second-order valence-corrected chi connectivity index (χ2v) is 12.2. The molecule has 13 heteroatoms. The van der Waals surface area contributed by atoms with E-state index in [2.05, 4.69) is 45.0 Å². The largest absolute Gasteiger partial charge is 0.573 e. The first-order valence-corrected chi connectivity index (χ1v) is 15.8. The number of amidine groups is 1. The van der Waals surface area contributed by atoms with E-state index in [4.69, 9.17) is 12.2 Å². The second kappa shape index (κ2) is 13.9. The number of nitrogens with zero attached hydrogens (tertiary/aromatic N) is 5. The Morgan fingerprint density at radius 3 is 2.48 bits per heavy atom. The summed E-state index contributed by atoms with van der Waals surface area (Å²) in [6.45, 7) is 8.16. The van der Waals surface area contributed by atoms with Crippen molar-refractivity contribution in [2.75, 3.05) is 10.7 Å². The molecule has 1 unspecified atom stereocenters. The van der Waals surface area contributed by atoms with Crippen LogP contribution in [0.15, 0.2) is 84.1 Å². The van der Waals surface area contributed by atoms with Gasteiger partial charge in [-0.15, -0.1) is 18.3 Å². The zero-order valence-corrected chi connectivity index (χ0v) is 27.1. The van der Waals surface area contributed by atoms with Crippen LogP contribution >= 0.6 is 24.0 Å². The van der Waals surface area contributed by atoms with Gasteiger partial charge in [-0.2, -0.15) is 4.99 Å². The maximum absolute atomic E-state index is 12.9. The van der Waals surface area contributed by atoms with Crippen molar-refractivity contribution in [3.05, 3.63) is 95.8 Å². The predicted molar refractivity (Wildman–Crippen MR) is 180 cm³/mol. The molecule has 1 aliphatic rings. The normalized spacial score (nSPS) is 15.3. The van der Waals surface area contributed by atoms with Crippen molar-refractivity contribution in [1.29, 1.82) is 0 Å². The minimum absolute atomic E-state index is 0.0222. The smallest absolute Gasteiger partial charge is 0.406 e. The maximum Gasteiger partial charge on any atom is 0.573 e. The number of aliphatic imine (C=N–C) groups is 1. The number of aryl methyl sites for hydroxylation is 1. The fourth-order valence-corrected chi connectivity index (χ4v) is 5.90. The molecule has 1 amide bonds. The standard InChI is InChI=1S/C33H31F3N6O2S2/c1-20(2)27-16-5-21(3)17-28(27)42-29(43)18-46-32(42)39-31(45)38-22(4)6-7-23-8-10-24(11-9-23)30-37-19-41(40-30)25-12-14-26(15-13-25)44-33(34,35)36/h5-17,19-20,22H,18H2,1-4H3,(H,38,45)/b7-6-,39-32?. The minimum Gasteiger partial charge on any atom is -0.406 e. The summed E-state index contributed by atoms with van der Waals surface area (Å²) in [5.41, 5.74) is 5.25. The first-order chi connectivity index (χ1) is 21.9. The van der Waals surface area contributed by atoms with Crippen LogP contribution in [0.5, 0.6) is 5.75 Å². The summed E-state index contributed by atoms with van der Waals surface area (Å²) in [5, 5.41) is 8.49. The fraction of sp³-hybridized carbons (Fsp3) is 0.242. The van der Waals surface area contributed by atoms with E-state index in [0.717, 1.165) is 27.9 Å². The van der Waals surface area contributed by atoms with E-state index in [-0.39, 0.29) is 28.7 Å². The second-order valence-electron chi connectivity index (χ2n) is 10.9. The Labute approximate surface area is 274 Å². The molecular formula is C33H31F3N6O2S2. The Kier molecular flexibility index (Phi) is 9.92. The Bertz CT molecular complexity index is 1780. The van der Waals surface area contributed by atoms with Gasteiger partial charge in [0.15, 0.2) is 16.1 Å². The maximum atomic E-state index is 12.9. The number of carbonyl (C=O) groups is 1. The summed E-state index contributed by atoms with van der Waals surface area (Å²) >= 11 is 6.91. The Morgan fingerprint density at radius 1 is 1.09 bits per heavy atom. The van der Waals surface area contributed by atoms with Crippen LogP contribution < -0.4 is 15.0 Å². The van der Waals surface area contributed by atoms with Crippen LogP contribution in [0.3, 0.4) is 0 Å². The van der Waals surface area contributed by atoms with Crippen LogP contribution in [-0.2, 0) is 4.79 Å². The first-order valence-electron chi connectivity index (χ1n) is 14.4. The lowest BCUT2D eigenvalue weighted by molar-refractivity contribution is -0.274. The lowest BCUT2D eigenvalue weighted by atomic mass is 9.99. The highest BCUT2D eigenvalue weighted by Crippen LogP contribution is 2.34. The highest BCUT2D eigenvalue weighted by atomic mass is 32.2. The van der Waals surface area contributed by atoms with Crippen molar-refractivity contribution in [1.82, 2.24) is 20.1 Å². The lowest BCUT2D eigenvalue weighted by Crippen LogP contribution is -2.34. The van der Waals surface area contributed by atoms with Gasteiger partial charge in [-0.1, -0.05) is 74.2 Å². The molecule has 4 aromatic rings. The van der Waals surface area contributed by atoms with E-state index < -0.39 is 6.36 Å². The van der Waals surface area contributed by atoms with Crippen LogP contribution in [0.2, 0.25) is 0 Å². The zero-order chi connectivity index (χ0) is 33.0. The SMILES string of the molecule is Cc1ccc(C(C)C)c(N2C(=O)CSC2=NC(=S)NC(C)/C=C\c2ccc(-c3ncn(-c4ccc(OC(F)(F)F)cc4)n3)cc2)c1. The predicted octanol–water partition coefficient (Wildman–Crippen LogP) is 7.68. The zero-order valence-electron chi connectivity index (χ0n) is 25.4. The van der Waals surface area contributed by atoms with Gasteiger partial charge in [-0.25, -0.2) is 9.67 Å². The number of anilines is 1. The summed E-state index contributed by atoms with van der Waals surface area (Å²) in [6, 6.07) is 19.0. The lowest BCUT2D eigenvalue weighted by Gasteiger charge is -2.22. The summed E-state index contributed by atoms with van der Waals surface area (Å²) in [5.74, 6) is 0.681. The van der Waals surface area contributed by atoms with Gasteiger partial charge in [-0.05, 0) is 79.0 Å². The molecule has 0 spiro atoms. The van der Waals surface area contributed by atoms with Crippen molar-refractivity contribution in [3.8, 4) is 22.8 Å². The van der Waals surface area contributed by atoms with Gasteiger partial charge in [0.05, 0.1) is 17.1 Å². The van der Waals surface area contributed by atoms with Gasteiger partial charge < -0.3 is 10.1 Å². The number of hydrogen-bond acceptors (Lipinski definition) is 6. The topological polar surface area (TPSA) is 84.6 Å². The van der Waals surface area contributed by atoms with E-state index in [0.29, 0.717) is 22.4 Å². The molecule has 0 radical (unpaired) electrons.